The Morgan fingerprint density at radius 1 is 1.26 bits per heavy atom. The number of nitrogens with zero attached hydrogens (tertiary/aromatic N) is 2. The average molecular weight is 278 g/mol. The van der Waals surface area contributed by atoms with E-state index < -0.39 is 0 Å². The Hall–Kier alpha value is -1.66. The van der Waals surface area contributed by atoms with Crippen LogP contribution in [0.2, 0.25) is 0 Å². The number of aromatic nitrogens is 2. The number of halogens is 1. The molecule has 2 aromatic rings. The van der Waals surface area contributed by atoms with Gasteiger partial charge in [-0.15, -0.1) is 11.8 Å². The molecule has 100 valence electrons. The topological polar surface area (TPSA) is 63.8 Å². The highest BCUT2D eigenvalue weighted by molar-refractivity contribution is 7.98. The summed E-state index contributed by atoms with van der Waals surface area (Å²) in [4.78, 5) is 9.27. The molecule has 0 aliphatic rings. The van der Waals surface area contributed by atoms with E-state index in [4.69, 9.17) is 5.84 Å². The maximum atomic E-state index is 13.5. The van der Waals surface area contributed by atoms with Gasteiger partial charge in [0.05, 0.1) is 5.75 Å². The lowest BCUT2D eigenvalue weighted by Crippen LogP contribution is -2.13. The summed E-state index contributed by atoms with van der Waals surface area (Å²) < 4.78 is 13.5. The molecule has 0 radical (unpaired) electrons. The number of rotatable bonds is 4. The molecule has 1 aromatic carbocycles. The number of hydrogen-bond acceptors (Lipinski definition) is 5. The predicted octanol–water partition coefficient (Wildman–Crippen LogP) is 2.81. The van der Waals surface area contributed by atoms with Crippen LogP contribution in [0.4, 0.5) is 10.2 Å². The van der Waals surface area contributed by atoms with Gasteiger partial charge in [-0.3, -0.25) is 0 Å². The van der Waals surface area contributed by atoms with Crippen molar-refractivity contribution in [1.82, 2.24) is 9.97 Å². The van der Waals surface area contributed by atoms with Gasteiger partial charge in [-0.25, -0.2) is 20.2 Å². The largest absolute Gasteiger partial charge is 0.308 e. The van der Waals surface area contributed by atoms with Gasteiger partial charge in [0.25, 0.3) is 0 Å². The maximum Gasteiger partial charge on any atom is 0.146 e. The van der Waals surface area contributed by atoms with Crippen molar-refractivity contribution in [2.75, 3.05) is 5.43 Å². The van der Waals surface area contributed by atoms with Crippen LogP contribution in [0.5, 0.6) is 0 Å². The molecule has 0 aliphatic carbocycles. The predicted molar refractivity (Wildman–Crippen MR) is 75.3 cm³/mol. The first-order chi connectivity index (χ1) is 9.11. The molecule has 0 saturated carbocycles. The second kappa shape index (κ2) is 5.99. The van der Waals surface area contributed by atoms with Crippen LogP contribution in [0.3, 0.4) is 0 Å². The zero-order valence-corrected chi connectivity index (χ0v) is 11.6. The Kier molecular flexibility index (Phi) is 4.34. The molecule has 0 saturated heterocycles. The molecule has 0 atom stereocenters. The zero-order valence-electron chi connectivity index (χ0n) is 10.8. The minimum Gasteiger partial charge on any atom is -0.308 e. The molecule has 3 N–H and O–H groups in total. The Morgan fingerprint density at radius 3 is 2.68 bits per heavy atom. The Bertz CT molecular complexity index is 589. The normalized spacial score (nSPS) is 10.5. The molecular formula is C13H15FN4S. The number of benzene rings is 1. The molecule has 0 aliphatic heterocycles. The summed E-state index contributed by atoms with van der Waals surface area (Å²) in [5, 5.41) is 0. The minimum absolute atomic E-state index is 0.228. The smallest absolute Gasteiger partial charge is 0.146 e. The van der Waals surface area contributed by atoms with Gasteiger partial charge in [0.2, 0.25) is 0 Å². The minimum atomic E-state index is -0.228. The average Bonchev–Trinajstić information content (AvgIpc) is 2.41. The van der Waals surface area contributed by atoms with E-state index >= 15 is 0 Å². The Balaban J connectivity index is 2.16. The number of thioether (sulfide) groups is 1. The van der Waals surface area contributed by atoms with Gasteiger partial charge in [0, 0.05) is 16.2 Å². The molecule has 19 heavy (non-hydrogen) atoms. The number of hydrazine groups is 1. The number of hydrogen-bond donors (Lipinski definition) is 2. The lowest BCUT2D eigenvalue weighted by atomic mass is 10.2. The molecule has 0 fully saturated rings. The molecule has 0 amide bonds. The van der Waals surface area contributed by atoms with Gasteiger partial charge in [0.15, 0.2) is 0 Å². The first-order valence-electron chi connectivity index (χ1n) is 5.80. The molecular weight excluding hydrogens is 263 g/mol. The van der Waals surface area contributed by atoms with Gasteiger partial charge in [-0.05, 0) is 26.0 Å². The van der Waals surface area contributed by atoms with Crippen molar-refractivity contribution in [1.29, 1.82) is 0 Å². The van der Waals surface area contributed by atoms with Gasteiger partial charge in [0.1, 0.15) is 17.5 Å². The summed E-state index contributed by atoms with van der Waals surface area (Å²) in [6.45, 7) is 3.80. The summed E-state index contributed by atoms with van der Waals surface area (Å²) in [6, 6.07) is 6.65. The fourth-order valence-electron chi connectivity index (χ4n) is 1.60. The van der Waals surface area contributed by atoms with Crippen molar-refractivity contribution in [3.8, 4) is 0 Å². The molecule has 0 unspecified atom stereocenters. The molecule has 4 nitrogen and oxygen atoms in total. The lowest BCUT2D eigenvalue weighted by Gasteiger charge is -2.09. The summed E-state index contributed by atoms with van der Waals surface area (Å²) >= 11 is 1.37. The highest BCUT2D eigenvalue weighted by Gasteiger charge is 2.08. The molecule has 1 aromatic heterocycles. The van der Waals surface area contributed by atoms with E-state index in [2.05, 4.69) is 15.4 Å². The number of nitrogen functional groups attached to an aromatic ring is 1. The van der Waals surface area contributed by atoms with Crippen LogP contribution in [-0.2, 0) is 5.75 Å². The summed E-state index contributed by atoms with van der Waals surface area (Å²) in [7, 11) is 0. The van der Waals surface area contributed by atoms with Crippen LogP contribution >= 0.6 is 11.8 Å². The summed E-state index contributed by atoms with van der Waals surface area (Å²) in [6.07, 6.45) is 0. The van der Waals surface area contributed by atoms with Crippen LogP contribution in [0, 0.1) is 19.7 Å². The van der Waals surface area contributed by atoms with Crippen molar-refractivity contribution < 1.29 is 4.39 Å². The molecule has 0 spiro atoms. The second-order valence-electron chi connectivity index (χ2n) is 4.06. The van der Waals surface area contributed by atoms with Crippen LogP contribution in [0.1, 0.15) is 17.1 Å². The third-order valence-corrected chi connectivity index (χ3v) is 3.81. The molecule has 6 heteroatoms. The fourth-order valence-corrected chi connectivity index (χ4v) is 2.39. The number of nitrogens with two attached hydrogens (primary N) is 1. The quantitative estimate of drug-likeness (QED) is 0.511. The van der Waals surface area contributed by atoms with E-state index in [-0.39, 0.29) is 5.82 Å². The van der Waals surface area contributed by atoms with Crippen molar-refractivity contribution in [2.24, 2.45) is 5.84 Å². The SMILES string of the molecule is Cc1nc(CSc2ccccc2F)nc(NN)c1C. The van der Waals surface area contributed by atoms with Gasteiger partial charge >= 0.3 is 0 Å². The second-order valence-corrected chi connectivity index (χ2v) is 5.08. The van der Waals surface area contributed by atoms with Crippen LogP contribution in [0.15, 0.2) is 29.2 Å². The van der Waals surface area contributed by atoms with Crippen molar-refractivity contribution in [2.45, 2.75) is 24.5 Å². The van der Waals surface area contributed by atoms with Crippen molar-refractivity contribution in [3.63, 3.8) is 0 Å². The van der Waals surface area contributed by atoms with E-state index in [0.29, 0.717) is 22.3 Å². The number of aryl methyl sites for hydroxylation is 1. The molecule has 1 heterocycles. The Labute approximate surface area is 115 Å². The van der Waals surface area contributed by atoms with Gasteiger partial charge in [-0.2, -0.15) is 0 Å². The lowest BCUT2D eigenvalue weighted by molar-refractivity contribution is 0.602. The van der Waals surface area contributed by atoms with Crippen LogP contribution in [0.25, 0.3) is 0 Å². The van der Waals surface area contributed by atoms with E-state index in [1.807, 2.05) is 13.8 Å². The van der Waals surface area contributed by atoms with Crippen LogP contribution < -0.4 is 11.3 Å². The molecule has 0 bridgehead atoms. The monoisotopic (exact) mass is 278 g/mol. The highest BCUT2D eigenvalue weighted by atomic mass is 32.2. The van der Waals surface area contributed by atoms with E-state index in [9.17, 15) is 4.39 Å². The third-order valence-electron chi connectivity index (χ3n) is 2.77. The summed E-state index contributed by atoms with van der Waals surface area (Å²) in [5.41, 5.74) is 4.34. The first kappa shape index (κ1) is 13.8. The van der Waals surface area contributed by atoms with E-state index in [0.717, 1.165) is 11.3 Å². The third kappa shape index (κ3) is 3.21. The van der Waals surface area contributed by atoms with Gasteiger partial charge in [-0.1, -0.05) is 12.1 Å². The summed E-state index contributed by atoms with van der Waals surface area (Å²) in [5.74, 6) is 6.92. The van der Waals surface area contributed by atoms with Gasteiger partial charge < -0.3 is 5.43 Å². The van der Waals surface area contributed by atoms with Crippen LogP contribution in [-0.4, -0.2) is 9.97 Å². The fraction of sp³-hybridized carbons (Fsp3) is 0.231. The Morgan fingerprint density at radius 2 is 2.00 bits per heavy atom. The first-order valence-corrected chi connectivity index (χ1v) is 6.78. The highest BCUT2D eigenvalue weighted by Crippen LogP contribution is 2.25. The molecule has 2 rings (SSSR count). The van der Waals surface area contributed by atoms with Crippen molar-refractivity contribution >= 4 is 17.6 Å². The maximum absolute atomic E-state index is 13.5. The van der Waals surface area contributed by atoms with E-state index in [1.54, 1.807) is 18.2 Å². The van der Waals surface area contributed by atoms with E-state index in [1.165, 1.54) is 17.8 Å². The zero-order chi connectivity index (χ0) is 13.8. The number of anilines is 1. The standard InChI is InChI=1S/C13H15FN4S/c1-8-9(2)16-12(17-13(8)18-15)7-19-11-6-4-3-5-10(11)14/h3-6H,7,15H2,1-2H3,(H,16,17,18). The number of nitrogens with one attached hydrogen (secondary N) is 1. The van der Waals surface area contributed by atoms with Crippen molar-refractivity contribution in [3.05, 3.63) is 47.2 Å².